The van der Waals surface area contributed by atoms with E-state index < -0.39 is 0 Å². The summed E-state index contributed by atoms with van der Waals surface area (Å²) in [5.41, 5.74) is 2.97. The number of benzene rings is 1. The standard InChI is InChI=1S/C16H24N2O.ClH/c1-4-10-16(2,3)18-15(19)13-7-5-9-14-12(13)8-6-11-17-14;/h5,7,9,17H,4,6,8,10-11H2,1-3H3,(H,18,19);1H. The van der Waals surface area contributed by atoms with E-state index in [0.29, 0.717) is 0 Å². The smallest absolute Gasteiger partial charge is 0.252 e. The van der Waals surface area contributed by atoms with Crippen LogP contribution < -0.4 is 10.6 Å². The second kappa shape index (κ2) is 6.98. The molecule has 1 heterocycles. The lowest BCUT2D eigenvalue weighted by atomic mass is 9.94. The third-order valence-corrected chi connectivity index (χ3v) is 3.67. The van der Waals surface area contributed by atoms with Gasteiger partial charge >= 0.3 is 0 Å². The van der Waals surface area contributed by atoms with Crippen LogP contribution in [0.3, 0.4) is 0 Å². The molecule has 0 radical (unpaired) electrons. The van der Waals surface area contributed by atoms with Gasteiger partial charge in [-0.1, -0.05) is 19.4 Å². The van der Waals surface area contributed by atoms with Gasteiger partial charge in [-0.05, 0) is 50.8 Å². The Morgan fingerprint density at radius 3 is 2.85 bits per heavy atom. The maximum Gasteiger partial charge on any atom is 0.252 e. The van der Waals surface area contributed by atoms with Gasteiger partial charge in [-0.25, -0.2) is 0 Å². The first-order chi connectivity index (χ1) is 9.03. The maximum absolute atomic E-state index is 12.5. The number of amides is 1. The van der Waals surface area contributed by atoms with E-state index in [1.165, 1.54) is 5.56 Å². The molecule has 0 bridgehead atoms. The number of carbonyl (C=O) groups is 1. The van der Waals surface area contributed by atoms with Gasteiger partial charge in [0, 0.05) is 23.3 Å². The summed E-state index contributed by atoms with van der Waals surface area (Å²) in [5, 5.41) is 6.52. The van der Waals surface area contributed by atoms with E-state index in [1.54, 1.807) is 0 Å². The predicted molar refractivity (Wildman–Crippen MR) is 87.0 cm³/mol. The van der Waals surface area contributed by atoms with Gasteiger partial charge in [-0.15, -0.1) is 12.4 Å². The quantitative estimate of drug-likeness (QED) is 0.888. The molecule has 1 aromatic rings. The van der Waals surface area contributed by atoms with Gasteiger partial charge in [0.25, 0.3) is 5.91 Å². The van der Waals surface area contributed by atoms with Crippen molar-refractivity contribution < 1.29 is 4.79 Å². The Hall–Kier alpha value is -1.22. The van der Waals surface area contributed by atoms with Crippen molar-refractivity contribution in [2.45, 2.75) is 52.0 Å². The normalized spacial score (nSPS) is 13.8. The van der Waals surface area contributed by atoms with E-state index in [0.717, 1.165) is 43.5 Å². The average Bonchev–Trinajstić information content (AvgIpc) is 2.37. The molecule has 0 aromatic heterocycles. The van der Waals surface area contributed by atoms with Crippen LogP contribution in [0.2, 0.25) is 0 Å². The molecule has 0 unspecified atom stereocenters. The lowest BCUT2D eigenvalue weighted by Gasteiger charge is -2.27. The van der Waals surface area contributed by atoms with Crippen molar-refractivity contribution in [2.24, 2.45) is 0 Å². The molecule has 0 saturated heterocycles. The van der Waals surface area contributed by atoms with Gasteiger partial charge in [0.1, 0.15) is 0 Å². The second-order valence-electron chi connectivity index (χ2n) is 5.95. The van der Waals surface area contributed by atoms with Crippen LogP contribution in [-0.2, 0) is 6.42 Å². The molecule has 0 spiro atoms. The number of rotatable bonds is 4. The highest BCUT2D eigenvalue weighted by atomic mass is 35.5. The molecule has 0 fully saturated rings. The van der Waals surface area contributed by atoms with E-state index in [9.17, 15) is 4.79 Å². The fourth-order valence-electron chi connectivity index (χ4n) is 2.78. The second-order valence-corrected chi connectivity index (χ2v) is 5.95. The predicted octanol–water partition coefficient (Wildman–Crippen LogP) is 3.78. The van der Waals surface area contributed by atoms with Gasteiger partial charge in [-0.2, -0.15) is 0 Å². The number of halogens is 1. The lowest BCUT2D eigenvalue weighted by Crippen LogP contribution is -2.43. The monoisotopic (exact) mass is 296 g/mol. The van der Waals surface area contributed by atoms with Crippen LogP contribution in [0, 0.1) is 0 Å². The van der Waals surface area contributed by atoms with Crippen molar-refractivity contribution in [1.82, 2.24) is 5.32 Å². The Labute approximate surface area is 127 Å². The zero-order chi connectivity index (χ0) is 13.9. The van der Waals surface area contributed by atoms with E-state index in [4.69, 9.17) is 0 Å². The van der Waals surface area contributed by atoms with Gasteiger partial charge < -0.3 is 10.6 Å². The molecule has 0 saturated carbocycles. The number of nitrogens with one attached hydrogen (secondary N) is 2. The van der Waals surface area contributed by atoms with Crippen LogP contribution in [0.25, 0.3) is 0 Å². The third kappa shape index (κ3) is 3.89. The van der Waals surface area contributed by atoms with Crippen molar-refractivity contribution >= 4 is 24.0 Å². The van der Waals surface area contributed by atoms with Gasteiger partial charge in [-0.3, -0.25) is 4.79 Å². The minimum Gasteiger partial charge on any atom is -0.385 e. The van der Waals surface area contributed by atoms with Crippen LogP contribution in [0.5, 0.6) is 0 Å². The molecule has 4 heteroatoms. The first-order valence-corrected chi connectivity index (χ1v) is 7.22. The minimum atomic E-state index is -0.142. The summed E-state index contributed by atoms with van der Waals surface area (Å²) >= 11 is 0. The van der Waals surface area contributed by atoms with Gasteiger partial charge in [0.05, 0.1) is 0 Å². The summed E-state index contributed by atoms with van der Waals surface area (Å²) < 4.78 is 0. The van der Waals surface area contributed by atoms with Crippen LogP contribution >= 0.6 is 12.4 Å². The first-order valence-electron chi connectivity index (χ1n) is 7.22. The number of hydrogen-bond donors (Lipinski definition) is 2. The first kappa shape index (κ1) is 16.8. The Balaban J connectivity index is 0.00000200. The summed E-state index contributed by atoms with van der Waals surface area (Å²) in [4.78, 5) is 12.5. The molecule has 20 heavy (non-hydrogen) atoms. The highest BCUT2D eigenvalue weighted by Crippen LogP contribution is 2.25. The van der Waals surface area contributed by atoms with Crippen molar-refractivity contribution in [3.8, 4) is 0 Å². The zero-order valence-electron chi connectivity index (χ0n) is 12.6. The minimum absolute atomic E-state index is 0. The molecular weight excluding hydrogens is 272 g/mol. The van der Waals surface area contributed by atoms with E-state index in [-0.39, 0.29) is 23.9 Å². The highest BCUT2D eigenvalue weighted by Gasteiger charge is 2.23. The van der Waals surface area contributed by atoms with E-state index >= 15 is 0 Å². The topological polar surface area (TPSA) is 41.1 Å². The van der Waals surface area contributed by atoms with Crippen LogP contribution in [0.1, 0.15) is 56.0 Å². The van der Waals surface area contributed by atoms with E-state index in [2.05, 4.69) is 37.5 Å². The van der Waals surface area contributed by atoms with Crippen molar-refractivity contribution in [2.75, 3.05) is 11.9 Å². The summed E-state index contributed by atoms with van der Waals surface area (Å²) in [6, 6.07) is 5.95. The van der Waals surface area contributed by atoms with Gasteiger partial charge in [0.2, 0.25) is 0 Å². The zero-order valence-corrected chi connectivity index (χ0v) is 13.4. The molecule has 1 amide bonds. The molecule has 1 aromatic carbocycles. The Morgan fingerprint density at radius 2 is 2.15 bits per heavy atom. The molecule has 112 valence electrons. The number of fused-ring (bicyclic) bond motifs is 1. The number of hydrogen-bond acceptors (Lipinski definition) is 2. The largest absolute Gasteiger partial charge is 0.385 e. The van der Waals surface area contributed by atoms with E-state index in [1.807, 2.05) is 12.1 Å². The highest BCUT2D eigenvalue weighted by molar-refractivity contribution is 5.97. The third-order valence-electron chi connectivity index (χ3n) is 3.67. The van der Waals surface area contributed by atoms with Crippen molar-refractivity contribution in [1.29, 1.82) is 0 Å². The summed E-state index contributed by atoms with van der Waals surface area (Å²) in [6.07, 6.45) is 4.14. The summed E-state index contributed by atoms with van der Waals surface area (Å²) in [5.74, 6) is 0.0546. The Bertz CT molecular complexity index is 472. The summed E-state index contributed by atoms with van der Waals surface area (Å²) in [7, 11) is 0. The fourth-order valence-corrected chi connectivity index (χ4v) is 2.78. The molecule has 3 nitrogen and oxygen atoms in total. The number of anilines is 1. The maximum atomic E-state index is 12.5. The lowest BCUT2D eigenvalue weighted by molar-refractivity contribution is 0.0908. The molecule has 0 atom stereocenters. The fraction of sp³-hybridized carbons (Fsp3) is 0.562. The molecule has 2 N–H and O–H groups in total. The summed E-state index contributed by atoms with van der Waals surface area (Å²) in [6.45, 7) is 7.31. The van der Waals surface area contributed by atoms with Gasteiger partial charge in [0.15, 0.2) is 0 Å². The molecule has 2 rings (SSSR count). The molecule has 0 aliphatic carbocycles. The Morgan fingerprint density at radius 1 is 1.40 bits per heavy atom. The molecular formula is C16H25ClN2O. The average molecular weight is 297 g/mol. The Kier molecular flexibility index (Phi) is 5.88. The molecule has 1 aliphatic rings. The SMILES string of the molecule is CCCC(C)(C)NC(=O)c1cccc2c1CCCN2.Cl. The van der Waals surface area contributed by atoms with Crippen molar-refractivity contribution in [3.63, 3.8) is 0 Å². The molecule has 1 aliphatic heterocycles. The number of carbonyl (C=O) groups excluding carboxylic acids is 1. The van der Waals surface area contributed by atoms with Crippen LogP contribution in [0.4, 0.5) is 5.69 Å². The van der Waals surface area contributed by atoms with Crippen molar-refractivity contribution in [3.05, 3.63) is 29.3 Å². The van der Waals surface area contributed by atoms with Crippen LogP contribution in [0.15, 0.2) is 18.2 Å². The van der Waals surface area contributed by atoms with Crippen LogP contribution in [-0.4, -0.2) is 18.0 Å².